The Bertz CT molecular complexity index is 394. The van der Waals surface area contributed by atoms with Gasteiger partial charge in [-0.25, -0.2) is 9.59 Å². The van der Waals surface area contributed by atoms with Crippen LogP contribution < -0.4 is 5.32 Å². The van der Waals surface area contributed by atoms with Crippen LogP contribution in [0.3, 0.4) is 0 Å². The molecule has 86 valence electrons. The van der Waals surface area contributed by atoms with Crippen molar-refractivity contribution in [2.24, 2.45) is 0 Å². The molecule has 0 spiro atoms. The van der Waals surface area contributed by atoms with Crippen LogP contribution >= 0.6 is 11.6 Å². The van der Waals surface area contributed by atoms with Crippen LogP contribution in [-0.2, 0) is 14.3 Å². The summed E-state index contributed by atoms with van der Waals surface area (Å²) >= 11 is 5.71. The largest absolute Gasteiger partial charge is 0.466 e. The summed E-state index contributed by atoms with van der Waals surface area (Å²) in [4.78, 5) is 21.8. The van der Waals surface area contributed by atoms with Crippen LogP contribution in [0.5, 0.6) is 0 Å². The molecule has 0 aliphatic heterocycles. The van der Waals surface area contributed by atoms with Gasteiger partial charge in [-0.3, -0.25) is 5.32 Å². The van der Waals surface area contributed by atoms with Crippen LogP contribution in [0.15, 0.2) is 24.3 Å². The van der Waals surface area contributed by atoms with E-state index in [0.717, 1.165) is 0 Å². The highest BCUT2D eigenvalue weighted by Crippen LogP contribution is 2.14. The van der Waals surface area contributed by atoms with Gasteiger partial charge in [0.15, 0.2) is 6.61 Å². The Morgan fingerprint density at radius 2 is 2.19 bits per heavy atom. The van der Waals surface area contributed by atoms with Gasteiger partial charge in [-0.2, -0.15) is 0 Å². The number of esters is 1. The zero-order chi connectivity index (χ0) is 12.0. The molecule has 0 aromatic heterocycles. The Morgan fingerprint density at radius 3 is 2.81 bits per heavy atom. The molecular weight excluding hydrogens is 234 g/mol. The molecule has 0 bridgehead atoms. The van der Waals surface area contributed by atoms with Gasteiger partial charge in [0.1, 0.15) is 0 Å². The number of ether oxygens (including phenoxy) is 2. The van der Waals surface area contributed by atoms with E-state index in [0.29, 0.717) is 10.7 Å². The number of benzene rings is 1. The molecule has 1 amide bonds. The van der Waals surface area contributed by atoms with Gasteiger partial charge >= 0.3 is 12.1 Å². The second-order valence-electron chi connectivity index (χ2n) is 2.79. The van der Waals surface area contributed by atoms with E-state index < -0.39 is 18.7 Å². The Hall–Kier alpha value is -1.75. The summed E-state index contributed by atoms with van der Waals surface area (Å²) in [6, 6.07) is 6.55. The lowest BCUT2D eigenvalue weighted by atomic mass is 10.3. The van der Waals surface area contributed by atoms with Gasteiger partial charge in [-0.1, -0.05) is 17.7 Å². The minimum Gasteiger partial charge on any atom is -0.466 e. The third-order valence-corrected chi connectivity index (χ3v) is 1.85. The molecule has 1 aromatic carbocycles. The molecule has 0 aliphatic carbocycles. The number of halogens is 1. The predicted octanol–water partition coefficient (Wildman–Crippen LogP) is 2.06. The van der Waals surface area contributed by atoms with Crippen LogP contribution in [0.2, 0.25) is 5.02 Å². The SMILES string of the molecule is COC(=O)COC(=O)Nc1cccc(Cl)c1. The highest BCUT2D eigenvalue weighted by Gasteiger charge is 2.07. The Kier molecular flexibility index (Phi) is 4.60. The summed E-state index contributed by atoms with van der Waals surface area (Å²) in [7, 11) is 1.21. The molecule has 1 N–H and O–H groups in total. The zero-order valence-electron chi connectivity index (χ0n) is 8.53. The monoisotopic (exact) mass is 243 g/mol. The third-order valence-electron chi connectivity index (χ3n) is 1.62. The fourth-order valence-corrected chi connectivity index (χ4v) is 1.09. The summed E-state index contributed by atoms with van der Waals surface area (Å²) < 4.78 is 8.88. The third kappa shape index (κ3) is 4.18. The van der Waals surface area contributed by atoms with E-state index in [9.17, 15) is 9.59 Å². The van der Waals surface area contributed by atoms with Crippen molar-refractivity contribution >= 4 is 29.4 Å². The van der Waals surface area contributed by atoms with Crippen molar-refractivity contribution in [3.63, 3.8) is 0 Å². The average molecular weight is 244 g/mol. The summed E-state index contributed by atoms with van der Waals surface area (Å²) in [6.07, 6.45) is -0.743. The minimum atomic E-state index is -0.743. The number of amides is 1. The lowest BCUT2D eigenvalue weighted by Gasteiger charge is -2.05. The maximum Gasteiger partial charge on any atom is 0.412 e. The number of nitrogens with one attached hydrogen (secondary N) is 1. The number of carbonyl (C=O) groups is 2. The Morgan fingerprint density at radius 1 is 1.44 bits per heavy atom. The van der Waals surface area contributed by atoms with Crippen molar-refractivity contribution < 1.29 is 19.1 Å². The van der Waals surface area contributed by atoms with E-state index >= 15 is 0 Å². The number of anilines is 1. The zero-order valence-corrected chi connectivity index (χ0v) is 9.28. The van der Waals surface area contributed by atoms with Gasteiger partial charge in [0.2, 0.25) is 0 Å². The standard InChI is InChI=1S/C10H10ClNO4/c1-15-9(13)6-16-10(14)12-8-4-2-3-7(11)5-8/h2-5H,6H2,1H3,(H,12,14). The highest BCUT2D eigenvalue weighted by atomic mass is 35.5. The maximum absolute atomic E-state index is 11.2. The van der Waals surface area contributed by atoms with Crippen molar-refractivity contribution in [3.8, 4) is 0 Å². The second kappa shape index (κ2) is 5.97. The lowest BCUT2D eigenvalue weighted by Crippen LogP contribution is -2.19. The van der Waals surface area contributed by atoms with Gasteiger partial charge in [-0.05, 0) is 18.2 Å². The fourth-order valence-electron chi connectivity index (χ4n) is 0.904. The first-order chi connectivity index (χ1) is 7.61. The molecule has 5 nitrogen and oxygen atoms in total. The highest BCUT2D eigenvalue weighted by molar-refractivity contribution is 6.30. The first-order valence-electron chi connectivity index (χ1n) is 4.38. The van der Waals surface area contributed by atoms with Crippen molar-refractivity contribution in [1.29, 1.82) is 0 Å². The van der Waals surface area contributed by atoms with Gasteiger partial charge in [0, 0.05) is 10.7 Å². The van der Waals surface area contributed by atoms with Crippen molar-refractivity contribution in [2.75, 3.05) is 19.0 Å². The molecule has 0 radical (unpaired) electrons. The molecule has 0 heterocycles. The fraction of sp³-hybridized carbons (Fsp3) is 0.200. The van der Waals surface area contributed by atoms with Crippen LogP contribution in [0.1, 0.15) is 0 Å². The molecule has 0 fully saturated rings. The van der Waals surface area contributed by atoms with Crippen molar-refractivity contribution in [3.05, 3.63) is 29.3 Å². The van der Waals surface area contributed by atoms with Crippen molar-refractivity contribution in [2.45, 2.75) is 0 Å². The van der Waals surface area contributed by atoms with Crippen LogP contribution in [0, 0.1) is 0 Å². The van der Waals surface area contributed by atoms with E-state index in [4.69, 9.17) is 11.6 Å². The number of carbonyl (C=O) groups excluding carboxylic acids is 2. The second-order valence-corrected chi connectivity index (χ2v) is 3.22. The van der Waals surface area contributed by atoms with Crippen LogP contribution in [-0.4, -0.2) is 25.8 Å². The number of hydrogen-bond acceptors (Lipinski definition) is 4. The van der Waals surface area contributed by atoms with Gasteiger partial charge in [0.25, 0.3) is 0 Å². The first kappa shape index (κ1) is 12.3. The lowest BCUT2D eigenvalue weighted by molar-refractivity contribution is -0.143. The summed E-state index contributed by atoms with van der Waals surface area (Å²) in [5.41, 5.74) is 0.488. The van der Waals surface area contributed by atoms with Crippen LogP contribution in [0.25, 0.3) is 0 Å². The van der Waals surface area contributed by atoms with Crippen molar-refractivity contribution in [1.82, 2.24) is 0 Å². The number of rotatable bonds is 3. The predicted molar refractivity (Wildman–Crippen MR) is 58.4 cm³/mol. The minimum absolute atomic E-state index is 0.428. The van der Waals surface area contributed by atoms with E-state index in [1.807, 2.05) is 0 Å². The summed E-state index contributed by atoms with van der Waals surface area (Å²) in [5.74, 6) is -0.624. The topological polar surface area (TPSA) is 64.6 Å². The quantitative estimate of drug-likeness (QED) is 0.826. The van der Waals surface area contributed by atoms with E-state index in [-0.39, 0.29) is 0 Å². The molecule has 1 aromatic rings. The van der Waals surface area contributed by atoms with E-state index in [1.54, 1.807) is 24.3 Å². The van der Waals surface area contributed by atoms with Crippen LogP contribution in [0.4, 0.5) is 10.5 Å². The molecule has 0 saturated heterocycles. The van der Waals surface area contributed by atoms with Gasteiger partial charge < -0.3 is 9.47 Å². The first-order valence-corrected chi connectivity index (χ1v) is 4.76. The molecule has 1 rings (SSSR count). The number of hydrogen-bond donors (Lipinski definition) is 1. The number of methoxy groups -OCH3 is 1. The molecule has 16 heavy (non-hydrogen) atoms. The normalized spacial score (nSPS) is 9.38. The smallest absolute Gasteiger partial charge is 0.412 e. The molecule has 6 heteroatoms. The Balaban J connectivity index is 2.43. The summed E-state index contributed by atoms with van der Waals surface area (Å²) in [6.45, 7) is -0.428. The Labute approximate surface area is 97.3 Å². The van der Waals surface area contributed by atoms with Gasteiger partial charge in [-0.15, -0.1) is 0 Å². The molecular formula is C10H10ClNO4. The molecule has 0 saturated carbocycles. The average Bonchev–Trinajstić information content (AvgIpc) is 2.26. The van der Waals surface area contributed by atoms with E-state index in [1.165, 1.54) is 7.11 Å². The maximum atomic E-state index is 11.2. The molecule has 0 aliphatic rings. The van der Waals surface area contributed by atoms with E-state index in [2.05, 4.69) is 14.8 Å². The van der Waals surface area contributed by atoms with Gasteiger partial charge in [0.05, 0.1) is 7.11 Å². The summed E-state index contributed by atoms with van der Waals surface area (Å²) in [5, 5.41) is 2.90. The molecule has 0 atom stereocenters. The molecule has 0 unspecified atom stereocenters.